The molecule has 0 saturated carbocycles. The molecule has 0 spiro atoms. The average Bonchev–Trinajstić information content (AvgIpc) is 3.04. The third-order valence-electron chi connectivity index (χ3n) is 5.48. The van der Waals surface area contributed by atoms with Crippen LogP contribution in [0, 0.1) is 0 Å². The summed E-state index contributed by atoms with van der Waals surface area (Å²) in [4.78, 5) is 29.1. The molecule has 6 heteroatoms. The number of carbonyl (C=O) groups is 2. The van der Waals surface area contributed by atoms with Crippen LogP contribution in [0.2, 0.25) is 0 Å². The Labute approximate surface area is 178 Å². The molecular weight excluding hydrogens is 378 g/mol. The Morgan fingerprint density at radius 2 is 1.73 bits per heavy atom. The molecular formula is C24H31N3O3. The molecule has 2 amide bonds. The lowest BCUT2D eigenvalue weighted by molar-refractivity contribution is -0.130. The van der Waals surface area contributed by atoms with Gasteiger partial charge in [0.05, 0.1) is 13.7 Å². The lowest BCUT2D eigenvalue weighted by atomic mass is 10.1. The second-order valence-corrected chi connectivity index (χ2v) is 7.58. The highest BCUT2D eigenvalue weighted by Gasteiger charge is 2.19. The number of carbonyl (C=O) groups excluding carboxylic acids is 2. The van der Waals surface area contributed by atoms with Crippen LogP contribution in [0.15, 0.2) is 54.6 Å². The Morgan fingerprint density at radius 1 is 0.967 bits per heavy atom. The number of nitrogens with zero attached hydrogens (tertiary/aromatic N) is 2. The fourth-order valence-electron chi connectivity index (χ4n) is 3.71. The third-order valence-corrected chi connectivity index (χ3v) is 5.48. The molecule has 160 valence electrons. The van der Waals surface area contributed by atoms with E-state index in [4.69, 9.17) is 4.74 Å². The van der Waals surface area contributed by atoms with Gasteiger partial charge < -0.3 is 19.9 Å². The lowest BCUT2D eigenvalue weighted by Gasteiger charge is -2.22. The summed E-state index contributed by atoms with van der Waals surface area (Å²) in [7, 11) is 1.58. The summed E-state index contributed by atoms with van der Waals surface area (Å²) in [5.41, 5.74) is 1.89. The van der Waals surface area contributed by atoms with Crippen molar-refractivity contribution in [2.24, 2.45) is 0 Å². The van der Waals surface area contributed by atoms with Gasteiger partial charge in [-0.25, -0.2) is 0 Å². The molecule has 6 nitrogen and oxygen atoms in total. The van der Waals surface area contributed by atoms with E-state index in [2.05, 4.69) is 34.5 Å². The van der Waals surface area contributed by atoms with Gasteiger partial charge >= 0.3 is 0 Å². The summed E-state index contributed by atoms with van der Waals surface area (Å²) >= 11 is 0. The standard InChI is InChI=1S/C24H31N3O3/c1-30-22-12-10-21(11-13-22)24(29)25-19-23(28)27-16-6-15-26(17-18-27)14-5-9-20-7-3-2-4-8-20/h2-4,7-8,10-13H,5-6,9,14-19H2,1H3,(H,25,29). The van der Waals surface area contributed by atoms with Crippen molar-refractivity contribution >= 4 is 11.8 Å². The number of benzene rings is 2. The summed E-state index contributed by atoms with van der Waals surface area (Å²) in [5.74, 6) is 0.423. The summed E-state index contributed by atoms with van der Waals surface area (Å²) in [6.45, 7) is 4.42. The van der Waals surface area contributed by atoms with Crippen LogP contribution in [0.1, 0.15) is 28.8 Å². The van der Waals surface area contributed by atoms with Crippen LogP contribution in [0.5, 0.6) is 5.75 Å². The zero-order valence-corrected chi connectivity index (χ0v) is 17.7. The van der Waals surface area contributed by atoms with Crippen LogP contribution >= 0.6 is 0 Å². The third kappa shape index (κ3) is 6.59. The monoisotopic (exact) mass is 409 g/mol. The fourth-order valence-corrected chi connectivity index (χ4v) is 3.71. The number of nitrogens with one attached hydrogen (secondary N) is 1. The molecule has 0 atom stereocenters. The quantitative estimate of drug-likeness (QED) is 0.728. The number of hydrogen-bond acceptors (Lipinski definition) is 4. The predicted molar refractivity (Wildman–Crippen MR) is 118 cm³/mol. The van der Waals surface area contributed by atoms with Gasteiger partial charge in [0.1, 0.15) is 5.75 Å². The Bertz CT molecular complexity index is 808. The van der Waals surface area contributed by atoms with Crippen molar-refractivity contribution in [2.75, 3.05) is 46.4 Å². The van der Waals surface area contributed by atoms with Gasteiger partial charge in [-0.05, 0) is 62.2 Å². The largest absolute Gasteiger partial charge is 0.497 e. The second-order valence-electron chi connectivity index (χ2n) is 7.58. The minimum atomic E-state index is -0.247. The Kier molecular flexibility index (Phi) is 8.27. The number of aryl methyl sites for hydroxylation is 1. The van der Waals surface area contributed by atoms with Gasteiger partial charge in [-0.2, -0.15) is 0 Å². The molecule has 0 aromatic heterocycles. The first kappa shape index (κ1) is 21.8. The van der Waals surface area contributed by atoms with E-state index < -0.39 is 0 Å². The molecule has 0 radical (unpaired) electrons. The molecule has 1 aliphatic rings. The molecule has 1 heterocycles. The second kappa shape index (κ2) is 11.4. The first-order chi connectivity index (χ1) is 14.7. The maximum absolute atomic E-state index is 12.6. The van der Waals surface area contributed by atoms with Crippen molar-refractivity contribution in [3.8, 4) is 5.75 Å². The van der Waals surface area contributed by atoms with Crippen molar-refractivity contribution in [2.45, 2.75) is 19.3 Å². The number of methoxy groups -OCH3 is 1. The van der Waals surface area contributed by atoms with Crippen molar-refractivity contribution in [3.05, 3.63) is 65.7 Å². The van der Waals surface area contributed by atoms with E-state index in [-0.39, 0.29) is 18.4 Å². The van der Waals surface area contributed by atoms with Crippen LogP contribution in [0.3, 0.4) is 0 Å². The van der Waals surface area contributed by atoms with Crippen molar-refractivity contribution < 1.29 is 14.3 Å². The van der Waals surface area contributed by atoms with Crippen LogP contribution in [0.25, 0.3) is 0 Å². The molecule has 2 aromatic carbocycles. The Balaban J connectivity index is 1.38. The molecule has 1 fully saturated rings. The Morgan fingerprint density at radius 3 is 2.47 bits per heavy atom. The molecule has 0 aliphatic carbocycles. The zero-order chi connectivity index (χ0) is 21.2. The SMILES string of the molecule is COc1ccc(C(=O)NCC(=O)N2CCCN(CCCc3ccccc3)CC2)cc1. The van der Waals surface area contributed by atoms with Crippen LogP contribution in [-0.4, -0.2) is 68.0 Å². The first-order valence-corrected chi connectivity index (χ1v) is 10.6. The van der Waals surface area contributed by atoms with Gasteiger partial charge in [0, 0.05) is 25.2 Å². The van der Waals surface area contributed by atoms with E-state index >= 15 is 0 Å². The molecule has 30 heavy (non-hydrogen) atoms. The van der Waals surface area contributed by atoms with Crippen LogP contribution in [-0.2, 0) is 11.2 Å². The van der Waals surface area contributed by atoms with Gasteiger partial charge in [-0.3, -0.25) is 9.59 Å². The highest BCUT2D eigenvalue weighted by molar-refractivity contribution is 5.96. The summed E-state index contributed by atoms with van der Waals surface area (Å²) < 4.78 is 5.10. The van der Waals surface area contributed by atoms with Crippen LogP contribution < -0.4 is 10.1 Å². The fraction of sp³-hybridized carbons (Fsp3) is 0.417. The number of hydrogen-bond donors (Lipinski definition) is 1. The number of amides is 2. The summed E-state index contributed by atoms with van der Waals surface area (Å²) in [5, 5.41) is 2.73. The normalized spacial score (nSPS) is 14.8. The molecule has 1 N–H and O–H groups in total. The molecule has 1 aliphatic heterocycles. The smallest absolute Gasteiger partial charge is 0.251 e. The van der Waals surface area contributed by atoms with Crippen LogP contribution in [0.4, 0.5) is 0 Å². The topological polar surface area (TPSA) is 61.9 Å². The average molecular weight is 410 g/mol. The lowest BCUT2D eigenvalue weighted by Crippen LogP contribution is -2.42. The highest BCUT2D eigenvalue weighted by Crippen LogP contribution is 2.11. The van der Waals surface area contributed by atoms with E-state index in [1.807, 2.05) is 11.0 Å². The van der Waals surface area contributed by atoms with Gasteiger partial charge in [0.15, 0.2) is 0 Å². The van der Waals surface area contributed by atoms with Crippen molar-refractivity contribution in [1.29, 1.82) is 0 Å². The van der Waals surface area contributed by atoms with Crippen molar-refractivity contribution in [1.82, 2.24) is 15.1 Å². The number of rotatable bonds is 8. The minimum absolute atomic E-state index is 0.0250. The first-order valence-electron chi connectivity index (χ1n) is 10.6. The molecule has 0 unspecified atom stereocenters. The minimum Gasteiger partial charge on any atom is -0.497 e. The van der Waals surface area contributed by atoms with Crippen molar-refractivity contribution in [3.63, 3.8) is 0 Å². The van der Waals surface area contributed by atoms with Gasteiger partial charge in [0.2, 0.25) is 5.91 Å². The highest BCUT2D eigenvalue weighted by atomic mass is 16.5. The molecule has 1 saturated heterocycles. The summed E-state index contributed by atoms with van der Waals surface area (Å²) in [6.07, 6.45) is 3.16. The van der Waals surface area contributed by atoms with Gasteiger partial charge in [-0.1, -0.05) is 30.3 Å². The van der Waals surface area contributed by atoms with Gasteiger partial charge in [-0.15, -0.1) is 0 Å². The molecule has 0 bridgehead atoms. The number of ether oxygens (including phenoxy) is 1. The van der Waals surface area contributed by atoms with E-state index in [1.54, 1.807) is 31.4 Å². The Hall–Kier alpha value is -2.86. The maximum atomic E-state index is 12.6. The molecule has 2 aromatic rings. The van der Waals surface area contributed by atoms with E-state index in [9.17, 15) is 9.59 Å². The maximum Gasteiger partial charge on any atom is 0.251 e. The van der Waals surface area contributed by atoms with E-state index in [0.717, 1.165) is 45.4 Å². The molecule has 3 rings (SSSR count). The van der Waals surface area contributed by atoms with E-state index in [1.165, 1.54) is 5.56 Å². The van der Waals surface area contributed by atoms with E-state index in [0.29, 0.717) is 17.9 Å². The van der Waals surface area contributed by atoms with Gasteiger partial charge in [0.25, 0.3) is 5.91 Å². The predicted octanol–water partition coefficient (Wildman–Crippen LogP) is 2.59. The summed E-state index contributed by atoms with van der Waals surface area (Å²) in [6, 6.07) is 17.4. The zero-order valence-electron chi connectivity index (χ0n) is 17.7.